The molecule has 5 heteroatoms. The van der Waals surface area contributed by atoms with Crippen LogP contribution in [0.3, 0.4) is 0 Å². The van der Waals surface area contributed by atoms with Crippen LogP contribution in [0.5, 0.6) is 0 Å². The summed E-state index contributed by atoms with van der Waals surface area (Å²) in [6, 6.07) is 6.61. The molecule has 0 aliphatic rings. The highest BCUT2D eigenvalue weighted by molar-refractivity contribution is 5.22. The van der Waals surface area contributed by atoms with Crippen molar-refractivity contribution in [2.75, 3.05) is 0 Å². The van der Waals surface area contributed by atoms with E-state index in [0.717, 1.165) is 18.2 Å². The second kappa shape index (κ2) is 6.05. The molecule has 1 atom stereocenters. The standard InChI is InChI=1S/C15H13F4N/c1-9(10-3-5-13(17)15(19)6-10)20-8-11-2-4-12(16)7-14(11)18/h2-7,9,20H,8H2,1H3. The Labute approximate surface area is 114 Å². The van der Waals surface area contributed by atoms with Crippen molar-refractivity contribution in [1.29, 1.82) is 0 Å². The third-order valence-electron chi connectivity index (χ3n) is 3.06. The Kier molecular flexibility index (Phi) is 4.39. The van der Waals surface area contributed by atoms with E-state index in [2.05, 4.69) is 5.32 Å². The van der Waals surface area contributed by atoms with Crippen molar-refractivity contribution in [3.63, 3.8) is 0 Å². The predicted octanol–water partition coefficient (Wildman–Crippen LogP) is 4.09. The van der Waals surface area contributed by atoms with Gasteiger partial charge in [-0.2, -0.15) is 0 Å². The van der Waals surface area contributed by atoms with Gasteiger partial charge in [-0.1, -0.05) is 12.1 Å². The van der Waals surface area contributed by atoms with Gasteiger partial charge in [0.15, 0.2) is 11.6 Å². The Hall–Kier alpha value is -1.88. The maximum atomic E-state index is 13.4. The fourth-order valence-corrected chi connectivity index (χ4v) is 1.83. The summed E-state index contributed by atoms with van der Waals surface area (Å²) in [5.41, 5.74) is 0.854. The number of hydrogen-bond acceptors (Lipinski definition) is 1. The van der Waals surface area contributed by atoms with Crippen LogP contribution in [0.4, 0.5) is 17.6 Å². The molecule has 0 spiro atoms. The first-order chi connectivity index (χ1) is 9.47. The number of rotatable bonds is 4. The van der Waals surface area contributed by atoms with Gasteiger partial charge < -0.3 is 5.32 Å². The average Bonchev–Trinajstić information content (AvgIpc) is 2.40. The van der Waals surface area contributed by atoms with E-state index in [1.807, 2.05) is 0 Å². The van der Waals surface area contributed by atoms with Crippen LogP contribution in [0.25, 0.3) is 0 Å². The molecule has 0 saturated heterocycles. The lowest BCUT2D eigenvalue weighted by Crippen LogP contribution is -2.19. The molecule has 106 valence electrons. The molecule has 1 unspecified atom stereocenters. The minimum absolute atomic E-state index is 0.159. The first kappa shape index (κ1) is 14.5. The fraction of sp³-hybridized carbons (Fsp3) is 0.200. The molecule has 0 aliphatic heterocycles. The third-order valence-corrected chi connectivity index (χ3v) is 3.06. The van der Waals surface area contributed by atoms with Crippen molar-refractivity contribution in [3.05, 3.63) is 70.8 Å². The lowest BCUT2D eigenvalue weighted by molar-refractivity contribution is 0.498. The van der Waals surface area contributed by atoms with Crippen molar-refractivity contribution >= 4 is 0 Å². The van der Waals surface area contributed by atoms with Crippen molar-refractivity contribution < 1.29 is 17.6 Å². The highest BCUT2D eigenvalue weighted by Crippen LogP contribution is 2.17. The Morgan fingerprint density at radius 3 is 2.30 bits per heavy atom. The molecule has 1 N–H and O–H groups in total. The lowest BCUT2D eigenvalue weighted by Gasteiger charge is -2.15. The maximum Gasteiger partial charge on any atom is 0.159 e. The summed E-state index contributed by atoms with van der Waals surface area (Å²) in [6.07, 6.45) is 0. The molecule has 1 nitrogen and oxygen atoms in total. The van der Waals surface area contributed by atoms with Crippen LogP contribution in [0.15, 0.2) is 36.4 Å². The van der Waals surface area contributed by atoms with Crippen molar-refractivity contribution in [2.24, 2.45) is 0 Å². The highest BCUT2D eigenvalue weighted by Gasteiger charge is 2.10. The van der Waals surface area contributed by atoms with Gasteiger partial charge in [-0.15, -0.1) is 0 Å². The van der Waals surface area contributed by atoms with Crippen LogP contribution in [0, 0.1) is 23.3 Å². The van der Waals surface area contributed by atoms with Gasteiger partial charge in [0.2, 0.25) is 0 Å². The van der Waals surface area contributed by atoms with Crippen LogP contribution >= 0.6 is 0 Å². The zero-order chi connectivity index (χ0) is 14.7. The minimum Gasteiger partial charge on any atom is -0.306 e. The van der Waals surface area contributed by atoms with E-state index in [1.54, 1.807) is 6.92 Å². The summed E-state index contributed by atoms with van der Waals surface area (Å²) in [5, 5.41) is 2.97. The summed E-state index contributed by atoms with van der Waals surface area (Å²) in [4.78, 5) is 0. The fourth-order valence-electron chi connectivity index (χ4n) is 1.83. The number of benzene rings is 2. The van der Waals surface area contributed by atoms with E-state index in [4.69, 9.17) is 0 Å². The predicted molar refractivity (Wildman–Crippen MR) is 68.0 cm³/mol. The zero-order valence-corrected chi connectivity index (χ0v) is 10.8. The van der Waals surface area contributed by atoms with Crippen molar-refractivity contribution in [2.45, 2.75) is 19.5 Å². The molecule has 0 aromatic heterocycles. The van der Waals surface area contributed by atoms with Crippen LogP contribution in [-0.4, -0.2) is 0 Å². The molecule has 0 amide bonds. The van der Waals surface area contributed by atoms with Gasteiger partial charge in [0, 0.05) is 24.2 Å². The smallest absolute Gasteiger partial charge is 0.159 e. The van der Waals surface area contributed by atoms with Gasteiger partial charge in [0.1, 0.15) is 11.6 Å². The molecule has 2 aromatic carbocycles. The summed E-state index contributed by atoms with van der Waals surface area (Å²) in [7, 11) is 0. The molecule has 0 fully saturated rings. The van der Waals surface area contributed by atoms with Crippen molar-refractivity contribution in [3.8, 4) is 0 Å². The monoisotopic (exact) mass is 283 g/mol. The van der Waals surface area contributed by atoms with Gasteiger partial charge in [0.25, 0.3) is 0 Å². The molecule has 20 heavy (non-hydrogen) atoms. The molecule has 2 aromatic rings. The minimum atomic E-state index is -0.927. The van der Waals surface area contributed by atoms with Crippen LogP contribution < -0.4 is 5.32 Å². The van der Waals surface area contributed by atoms with Crippen LogP contribution in [-0.2, 0) is 6.54 Å². The second-order valence-corrected chi connectivity index (χ2v) is 4.51. The van der Waals surface area contributed by atoms with Gasteiger partial charge in [-0.3, -0.25) is 0 Å². The Morgan fingerprint density at radius 2 is 1.65 bits per heavy atom. The van der Waals surface area contributed by atoms with E-state index in [1.165, 1.54) is 18.2 Å². The van der Waals surface area contributed by atoms with E-state index < -0.39 is 23.3 Å². The van der Waals surface area contributed by atoms with Gasteiger partial charge >= 0.3 is 0 Å². The largest absolute Gasteiger partial charge is 0.306 e. The van der Waals surface area contributed by atoms with Gasteiger partial charge in [0.05, 0.1) is 0 Å². The molecule has 0 aliphatic carbocycles. The highest BCUT2D eigenvalue weighted by atomic mass is 19.2. The van der Waals surface area contributed by atoms with E-state index in [0.29, 0.717) is 11.1 Å². The number of halogens is 4. The van der Waals surface area contributed by atoms with Crippen LogP contribution in [0.1, 0.15) is 24.1 Å². The molecular formula is C15H13F4N. The zero-order valence-electron chi connectivity index (χ0n) is 10.8. The Bertz CT molecular complexity index is 613. The average molecular weight is 283 g/mol. The van der Waals surface area contributed by atoms with Crippen molar-refractivity contribution in [1.82, 2.24) is 5.32 Å². The quantitative estimate of drug-likeness (QED) is 0.833. The Balaban J connectivity index is 2.04. The molecular weight excluding hydrogens is 270 g/mol. The summed E-state index contributed by atoms with van der Waals surface area (Å²) >= 11 is 0. The van der Waals surface area contributed by atoms with Crippen LogP contribution in [0.2, 0.25) is 0 Å². The van der Waals surface area contributed by atoms with E-state index in [9.17, 15) is 17.6 Å². The SMILES string of the molecule is CC(NCc1ccc(F)cc1F)c1ccc(F)c(F)c1. The molecule has 0 heterocycles. The first-order valence-corrected chi connectivity index (χ1v) is 6.09. The molecule has 0 bridgehead atoms. The lowest BCUT2D eigenvalue weighted by atomic mass is 10.1. The molecule has 0 saturated carbocycles. The normalized spacial score (nSPS) is 12.4. The summed E-state index contributed by atoms with van der Waals surface area (Å²) in [5.74, 6) is -3.12. The number of hydrogen-bond donors (Lipinski definition) is 1. The van der Waals surface area contributed by atoms with Gasteiger partial charge in [-0.25, -0.2) is 17.6 Å². The van der Waals surface area contributed by atoms with E-state index in [-0.39, 0.29) is 12.6 Å². The van der Waals surface area contributed by atoms with Gasteiger partial charge in [-0.05, 0) is 30.7 Å². The topological polar surface area (TPSA) is 12.0 Å². The third kappa shape index (κ3) is 3.36. The molecule has 0 radical (unpaired) electrons. The number of nitrogens with one attached hydrogen (secondary N) is 1. The molecule has 2 rings (SSSR count). The summed E-state index contributed by atoms with van der Waals surface area (Å²) in [6.45, 7) is 1.90. The first-order valence-electron chi connectivity index (χ1n) is 6.09. The Morgan fingerprint density at radius 1 is 0.900 bits per heavy atom. The summed E-state index contributed by atoms with van der Waals surface area (Å²) < 4.78 is 52.1. The second-order valence-electron chi connectivity index (χ2n) is 4.51. The maximum absolute atomic E-state index is 13.4. The van der Waals surface area contributed by atoms with E-state index >= 15 is 0 Å².